The Kier molecular flexibility index (Phi) is 4.69. The molecule has 0 aliphatic heterocycles. The molecule has 2 N–H and O–H groups in total. The van der Waals surface area contributed by atoms with Crippen LogP contribution >= 0.6 is 0 Å². The third-order valence-corrected chi connectivity index (χ3v) is 6.23. The molecule has 24 heavy (non-hydrogen) atoms. The highest BCUT2D eigenvalue weighted by atomic mass is 32.2. The van der Waals surface area contributed by atoms with Crippen molar-refractivity contribution in [3.05, 3.63) is 71.3 Å². The van der Waals surface area contributed by atoms with Crippen LogP contribution in [0.3, 0.4) is 0 Å². The number of carboxylic acids is 1. The second-order valence-electron chi connectivity index (χ2n) is 5.94. The van der Waals surface area contributed by atoms with Gasteiger partial charge in [-0.1, -0.05) is 48.5 Å². The minimum atomic E-state index is -3.39. The Bertz CT molecular complexity index is 833. The lowest BCUT2D eigenvalue weighted by Gasteiger charge is -2.08. The number of benzene rings is 2. The average Bonchev–Trinajstić information content (AvgIpc) is 3.37. The normalized spacial score (nSPS) is 19.8. The van der Waals surface area contributed by atoms with E-state index >= 15 is 0 Å². The lowest BCUT2D eigenvalue weighted by molar-refractivity contribution is 0.0695. The predicted molar refractivity (Wildman–Crippen MR) is 91.6 cm³/mol. The van der Waals surface area contributed by atoms with Gasteiger partial charge in [0.25, 0.3) is 0 Å². The summed E-state index contributed by atoms with van der Waals surface area (Å²) in [6.07, 6.45) is 0.982. The Morgan fingerprint density at radius 1 is 1.08 bits per heavy atom. The van der Waals surface area contributed by atoms with Gasteiger partial charge in [-0.05, 0) is 30.0 Å². The zero-order chi connectivity index (χ0) is 17.2. The minimum Gasteiger partial charge on any atom is -0.478 e. The van der Waals surface area contributed by atoms with Crippen LogP contribution in [0.1, 0.15) is 33.8 Å². The van der Waals surface area contributed by atoms with Crippen molar-refractivity contribution in [3.8, 4) is 0 Å². The highest BCUT2D eigenvalue weighted by Crippen LogP contribution is 2.45. The molecule has 0 aromatic heterocycles. The largest absolute Gasteiger partial charge is 0.478 e. The van der Waals surface area contributed by atoms with Gasteiger partial charge >= 0.3 is 5.97 Å². The van der Waals surface area contributed by atoms with E-state index in [1.165, 1.54) is 6.07 Å². The van der Waals surface area contributed by atoms with Crippen molar-refractivity contribution >= 4 is 16.0 Å². The summed E-state index contributed by atoms with van der Waals surface area (Å²) >= 11 is 0. The van der Waals surface area contributed by atoms with E-state index in [4.69, 9.17) is 5.11 Å². The van der Waals surface area contributed by atoms with Crippen LogP contribution in [0.5, 0.6) is 0 Å². The maximum atomic E-state index is 12.4. The maximum Gasteiger partial charge on any atom is 0.335 e. The first kappa shape index (κ1) is 16.7. The fourth-order valence-corrected chi connectivity index (χ4v) is 4.60. The first-order chi connectivity index (χ1) is 11.5. The van der Waals surface area contributed by atoms with Gasteiger partial charge < -0.3 is 5.11 Å². The number of aromatic carboxylic acids is 1. The van der Waals surface area contributed by atoms with Gasteiger partial charge in [-0.15, -0.1) is 0 Å². The number of carboxylic acid groups (broad SMARTS) is 1. The van der Waals surface area contributed by atoms with E-state index in [-0.39, 0.29) is 18.0 Å². The average molecular weight is 345 g/mol. The maximum absolute atomic E-state index is 12.4. The molecule has 1 fully saturated rings. The van der Waals surface area contributed by atoms with Crippen molar-refractivity contribution in [3.63, 3.8) is 0 Å². The molecule has 1 aliphatic carbocycles. The lowest BCUT2D eigenvalue weighted by atomic mass is 10.1. The van der Waals surface area contributed by atoms with E-state index in [2.05, 4.69) is 4.72 Å². The summed E-state index contributed by atoms with van der Waals surface area (Å²) in [5.41, 5.74) is 1.89. The van der Waals surface area contributed by atoms with Crippen molar-refractivity contribution in [1.29, 1.82) is 0 Å². The van der Waals surface area contributed by atoms with E-state index in [1.807, 2.05) is 30.3 Å². The SMILES string of the molecule is O=C(O)c1ccccc1CCNS(=O)(=O)C1CC1c1ccccc1. The van der Waals surface area contributed by atoms with Gasteiger partial charge in [-0.25, -0.2) is 17.9 Å². The number of hydrogen-bond acceptors (Lipinski definition) is 3. The highest BCUT2D eigenvalue weighted by Gasteiger charge is 2.47. The van der Waals surface area contributed by atoms with Crippen LogP contribution in [-0.4, -0.2) is 31.3 Å². The minimum absolute atomic E-state index is 0.0509. The Balaban J connectivity index is 1.58. The molecule has 0 bridgehead atoms. The number of sulfonamides is 1. The Morgan fingerprint density at radius 3 is 2.46 bits per heavy atom. The molecular weight excluding hydrogens is 326 g/mol. The lowest BCUT2D eigenvalue weighted by Crippen LogP contribution is -2.30. The summed E-state index contributed by atoms with van der Waals surface area (Å²) in [7, 11) is -3.39. The highest BCUT2D eigenvalue weighted by molar-refractivity contribution is 7.90. The number of hydrogen-bond donors (Lipinski definition) is 2. The third-order valence-electron chi connectivity index (χ3n) is 4.30. The van der Waals surface area contributed by atoms with Crippen molar-refractivity contribution in [1.82, 2.24) is 4.72 Å². The molecule has 0 radical (unpaired) electrons. The van der Waals surface area contributed by atoms with E-state index in [1.54, 1.807) is 18.2 Å². The summed E-state index contributed by atoms with van der Waals surface area (Å²) in [5, 5.41) is 8.75. The quantitative estimate of drug-likeness (QED) is 0.807. The summed E-state index contributed by atoms with van der Waals surface area (Å²) in [5.74, 6) is -0.949. The van der Waals surface area contributed by atoms with Gasteiger partial charge in [-0.3, -0.25) is 0 Å². The van der Waals surface area contributed by atoms with Gasteiger partial charge in [0.05, 0.1) is 10.8 Å². The fraction of sp³-hybridized carbons (Fsp3) is 0.278. The molecule has 2 aromatic carbocycles. The van der Waals surface area contributed by atoms with Crippen LogP contribution in [0.4, 0.5) is 0 Å². The van der Waals surface area contributed by atoms with E-state index in [0.29, 0.717) is 18.4 Å². The molecule has 0 amide bonds. The number of rotatable bonds is 7. The summed E-state index contributed by atoms with van der Waals surface area (Å²) < 4.78 is 27.3. The third kappa shape index (κ3) is 3.66. The summed E-state index contributed by atoms with van der Waals surface area (Å²) in [6, 6.07) is 16.3. The molecule has 3 rings (SSSR count). The van der Waals surface area contributed by atoms with Gasteiger partial charge in [0.1, 0.15) is 0 Å². The number of nitrogens with one attached hydrogen (secondary N) is 1. The van der Waals surface area contributed by atoms with Crippen LogP contribution in [0.25, 0.3) is 0 Å². The molecule has 6 heteroatoms. The van der Waals surface area contributed by atoms with Crippen LogP contribution in [-0.2, 0) is 16.4 Å². The Morgan fingerprint density at radius 2 is 1.75 bits per heavy atom. The molecule has 2 atom stereocenters. The molecule has 1 aliphatic rings. The standard InChI is InChI=1S/C18H19NO4S/c20-18(21)15-9-5-4-8-14(15)10-11-19-24(22,23)17-12-16(17)13-6-2-1-3-7-13/h1-9,16-17,19H,10-12H2,(H,20,21). The Labute approximate surface area is 141 Å². The van der Waals surface area contributed by atoms with Crippen LogP contribution in [0.15, 0.2) is 54.6 Å². The predicted octanol–water partition coefficient (Wildman–Crippen LogP) is 2.40. The van der Waals surface area contributed by atoms with E-state index < -0.39 is 21.2 Å². The summed E-state index contributed by atoms with van der Waals surface area (Å²) in [4.78, 5) is 11.2. The molecule has 0 saturated heterocycles. The first-order valence-corrected chi connectivity index (χ1v) is 9.38. The van der Waals surface area contributed by atoms with Crippen LogP contribution < -0.4 is 4.72 Å². The zero-order valence-corrected chi connectivity index (χ0v) is 13.9. The van der Waals surface area contributed by atoms with Crippen molar-refractivity contribution in [2.45, 2.75) is 24.0 Å². The van der Waals surface area contributed by atoms with E-state index in [0.717, 1.165) is 5.56 Å². The zero-order valence-electron chi connectivity index (χ0n) is 13.1. The molecular formula is C18H19NO4S. The Hall–Kier alpha value is -2.18. The monoisotopic (exact) mass is 345 g/mol. The molecule has 1 saturated carbocycles. The van der Waals surface area contributed by atoms with Gasteiger partial charge in [0, 0.05) is 12.5 Å². The fourth-order valence-electron chi connectivity index (χ4n) is 2.95. The van der Waals surface area contributed by atoms with Crippen molar-refractivity contribution in [2.75, 3.05) is 6.54 Å². The molecule has 2 unspecified atom stereocenters. The van der Waals surface area contributed by atoms with Gasteiger partial charge in [-0.2, -0.15) is 0 Å². The molecule has 2 aromatic rings. The topological polar surface area (TPSA) is 83.5 Å². The second-order valence-corrected chi connectivity index (χ2v) is 7.93. The second kappa shape index (κ2) is 6.75. The van der Waals surface area contributed by atoms with E-state index in [9.17, 15) is 13.2 Å². The number of carbonyl (C=O) groups is 1. The first-order valence-electron chi connectivity index (χ1n) is 7.83. The van der Waals surface area contributed by atoms with Crippen LogP contribution in [0, 0.1) is 0 Å². The summed E-state index contributed by atoms with van der Waals surface area (Å²) in [6.45, 7) is 0.199. The van der Waals surface area contributed by atoms with Gasteiger partial charge in [0.15, 0.2) is 0 Å². The van der Waals surface area contributed by atoms with Crippen molar-refractivity contribution in [2.24, 2.45) is 0 Å². The molecule has 5 nitrogen and oxygen atoms in total. The van der Waals surface area contributed by atoms with Gasteiger partial charge in [0.2, 0.25) is 10.0 Å². The molecule has 0 heterocycles. The molecule has 0 spiro atoms. The molecule has 126 valence electrons. The smallest absolute Gasteiger partial charge is 0.335 e. The van der Waals surface area contributed by atoms with Crippen molar-refractivity contribution < 1.29 is 18.3 Å². The van der Waals surface area contributed by atoms with Crippen LogP contribution in [0.2, 0.25) is 0 Å².